The molecule has 2 saturated heterocycles. The van der Waals surface area contributed by atoms with Crippen molar-refractivity contribution in [3.8, 4) is 11.5 Å². The Bertz CT molecular complexity index is 1140. The molecule has 2 aromatic carbocycles. The number of aromatic nitrogens is 3. The molecule has 1 aromatic heterocycles. The third kappa shape index (κ3) is 6.67. The molecule has 0 aliphatic carbocycles. The quantitative estimate of drug-likeness (QED) is 0.328. The number of hydrogen-bond donors (Lipinski definition) is 1. The number of piperidine rings is 2. The molecule has 3 heterocycles. The predicted molar refractivity (Wildman–Crippen MR) is 147 cm³/mol. The zero-order chi connectivity index (χ0) is 25.3. The SMILES string of the molecule is COc1ccc(C=NNc2nc(N3CCCCC3)nc(N3CCCCC3)n2)cc1OCc1ccccc1. The fraction of sp³-hybridized carbons (Fsp3) is 0.429. The van der Waals surface area contributed by atoms with Gasteiger partial charge in [0.15, 0.2) is 11.5 Å². The van der Waals surface area contributed by atoms with Gasteiger partial charge in [-0.3, -0.25) is 0 Å². The Hall–Kier alpha value is -3.88. The molecule has 0 unspecified atom stereocenters. The molecule has 1 N–H and O–H groups in total. The molecular formula is C28H35N7O2. The number of methoxy groups -OCH3 is 1. The second kappa shape index (κ2) is 12.4. The molecule has 9 heteroatoms. The summed E-state index contributed by atoms with van der Waals surface area (Å²) in [6.45, 7) is 4.36. The van der Waals surface area contributed by atoms with Crippen LogP contribution in [-0.2, 0) is 6.61 Å². The zero-order valence-corrected chi connectivity index (χ0v) is 21.5. The second-order valence-corrected chi connectivity index (χ2v) is 9.41. The standard InChI is InChI=1S/C28H35N7O2/c1-36-24-14-13-23(19-25(24)37-21-22-11-5-2-6-12-22)20-29-33-26-30-27(34-15-7-3-8-16-34)32-28(31-26)35-17-9-4-10-18-35/h2,5-6,11-14,19-20H,3-4,7-10,15-18,21H2,1H3,(H,30,31,32,33). The van der Waals surface area contributed by atoms with E-state index < -0.39 is 0 Å². The minimum atomic E-state index is 0.458. The fourth-order valence-corrected chi connectivity index (χ4v) is 4.66. The lowest BCUT2D eigenvalue weighted by Gasteiger charge is -2.30. The molecule has 0 radical (unpaired) electrons. The van der Waals surface area contributed by atoms with E-state index in [1.165, 1.54) is 12.8 Å². The summed E-state index contributed by atoms with van der Waals surface area (Å²) < 4.78 is 11.5. The van der Waals surface area contributed by atoms with Gasteiger partial charge in [-0.25, -0.2) is 5.43 Å². The largest absolute Gasteiger partial charge is 0.493 e. The van der Waals surface area contributed by atoms with Crippen LogP contribution in [0.2, 0.25) is 0 Å². The first-order valence-electron chi connectivity index (χ1n) is 13.2. The van der Waals surface area contributed by atoms with Crippen LogP contribution in [0.5, 0.6) is 11.5 Å². The maximum Gasteiger partial charge on any atom is 0.250 e. The predicted octanol–water partition coefficient (Wildman–Crippen LogP) is 4.89. The van der Waals surface area contributed by atoms with E-state index >= 15 is 0 Å². The lowest BCUT2D eigenvalue weighted by atomic mass is 10.1. The molecule has 3 aromatic rings. The third-order valence-electron chi connectivity index (χ3n) is 6.69. The van der Waals surface area contributed by atoms with Crippen LogP contribution in [0.3, 0.4) is 0 Å². The summed E-state index contributed by atoms with van der Waals surface area (Å²) in [5.41, 5.74) is 5.00. The van der Waals surface area contributed by atoms with E-state index in [-0.39, 0.29) is 0 Å². The van der Waals surface area contributed by atoms with Crippen molar-refractivity contribution in [2.45, 2.75) is 45.1 Å². The van der Waals surface area contributed by atoms with Crippen LogP contribution in [0.4, 0.5) is 17.8 Å². The first-order chi connectivity index (χ1) is 18.3. The number of hydrogen-bond acceptors (Lipinski definition) is 9. The smallest absolute Gasteiger partial charge is 0.250 e. The van der Waals surface area contributed by atoms with Crippen LogP contribution >= 0.6 is 0 Å². The molecular weight excluding hydrogens is 466 g/mol. The number of ether oxygens (including phenoxy) is 2. The summed E-state index contributed by atoms with van der Waals surface area (Å²) in [5, 5.41) is 4.44. The number of nitrogens with zero attached hydrogens (tertiary/aromatic N) is 6. The number of anilines is 3. The van der Waals surface area contributed by atoms with Gasteiger partial charge in [0.05, 0.1) is 13.3 Å². The normalized spacial score (nSPS) is 16.1. The molecule has 0 atom stereocenters. The van der Waals surface area contributed by atoms with E-state index in [1.54, 1.807) is 13.3 Å². The van der Waals surface area contributed by atoms with Gasteiger partial charge in [0.25, 0.3) is 0 Å². The highest BCUT2D eigenvalue weighted by atomic mass is 16.5. The zero-order valence-electron chi connectivity index (χ0n) is 21.5. The first kappa shape index (κ1) is 24.8. The van der Waals surface area contributed by atoms with Gasteiger partial charge < -0.3 is 19.3 Å². The Balaban J connectivity index is 1.31. The summed E-state index contributed by atoms with van der Waals surface area (Å²) in [6.07, 6.45) is 8.91. The molecule has 0 amide bonds. The Morgan fingerprint density at radius 3 is 2.08 bits per heavy atom. The number of nitrogens with one attached hydrogen (secondary N) is 1. The number of benzene rings is 2. The Morgan fingerprint density at radius 1 is 0.811 bits per heavy atom. The molecule has 2 fully saturated rings. The van der Waals surface area contributed by atoms with E-state index in [9.17, 15) is 0 Å². The van der Waals surface area contributed by atoms with Crippen LogP contribution in [0.15, 0.2) is 53.6 Å². The lowest BCUT2D eigenvalue weighted by molar-refractivity contribution is 0.284. The van der Waals surface area contributed by atoms with E-state index in [1.807, 2.05) is 48.5 Å². The van der Waals surface area contributed by atoms with Crippen LogP contribution in [0.25, 0.3) is 0 Å². The summed E-state index contributed by atoms with van der Waals surface area (Å²) in [7, 11) is 1.64. The van der Waals surface area contributed by atoms with Crippen molar-refractivity contribution in [2.75, 3.05) is 48.5 Å². The summed E-state index contributed by atoms with van der Waals surface area (Å²) in [4.78, 5) is 18.7. The van der Waals surface area contributed by atoms with Gasteiger partial charge in [0.1, 0.15) is 6.61 Å². The molecule has 2 aliphatic heterocycles. The highest BCUT2D eigenvalue weighted by molar-refractivity contribution is 5.81. The molecule has 9 nitrogen and oxygen atoms in total. The molecule has 37 heavy (non-hydrogen) atoms. The maximum absolute atomic E-state index is 6.03. The molecule has 0 bridgehead atoms. The average molecular weight is 502 g/mol. The van der Waals surface area contributed by atoms with E-state index in [0.29, 0.717) is 24.1 Å². The molecule has 0 saturated carbocycles. The van der Waals surface area contributed by atoms with Crippen LogP contribution in [0.1, 0.15) is 49.7 Å². The van der Waals surface area contributed by atoms with Gasteiger partial charge in [0.2, 0.25) is 17.8 Å². The minimum Gasteiger partial charge on any atom is -0.493 e. The third-order valence-corrected chi connectivity index (χ3v) is 6.69. The topological polar surface area (TPSA) is 88.0 Å². The molecule has 194 valence electrons. The van der Waals surface area contributed by atoms with Crippen LogP contribution < -0.4 is 24.7 Å². The van der Waals surface area contributed by atoms with Crippen molar-refractivity contribution in [2.24, 2.45) is 5.10 Å². The van der Waals surface area contributed by atoms with Gasteiger partial charge in [-0.2, -0.15) is 20.1 Å². The van der Waals surface area contributed by atoms with Crippen molar-refractivity contribution in [1.82, 2.24) is 15.0 Å². The summed E-state index contributed by atoms with van der Waals surface area (Å²) in [5.74, 6) is 3.26. The van der Waals surface area contributed by atoms with Crippen molar-refractivity contribution in [1.29, 1.82) is 0 Å². The summed E-state index contributed by atoms with van der Waals surface area (Å²) >= 11 is 0. The first-order valence-corrected chi connectivity index (χ1v) is 13.2. The molecule has 5 rings (SSSR count). The van der Waals surface area contributed by atoms with E-state index in [4.69, 9.17) is 24.4 Å². The second-order valence-electron chi connectivity index (χ2n) is 9.41. The maximum atomic E-state index is 6.03. The summed E-state index contributed by atoms with van der Waals surface area (Å²) in [6, 6.07) is 15.8. The van der Waals surface area contributed by atoms with E-state index in [0.717, 1.165) is 74.9 Å². The Labute approximate surface area is 218 Å². The van der Waals surface area contributed by atoms with Crippen LogP contribution in [0, 0.1) is 0 Å². The fourth-order valence-electron chi connectivity index (χ4n) is 4.66. The Kier molecular flexibility index (Phi) is 8.30. The van der Waals surface area contributed by atoms with Crippen molar-refractivity contribution < 1.29 is 9.47 Å². The number of rotatable bonds is 9. The lowest BCUT2D eigenvalue weighted by Crippen LogP contribution is -2.34. The molecule has 0 spiro atoms. The highest BCUT2D eigenvalue weighted by Gasteiger charge is 2.20. The minimum absolute atomic E-state index is 0.458. The average Bonchev–Trinajstić information content (AvgIpc) is 2.97. The number of hydrazone groups is 1. The van der Waals surface area contributed by atoms with Gasteiger partial charge in [-0.15, -0.1) is 0 Å². The molecule has 2 aliphatic rings. The van der Waals surface area contributed by atoms with Gasteiger partial charge >= 0.3 is 0 Å². The van der Waals surface area contributed by atoms with E-state index in [2.05, 4.69) is 20.3 Å². The highest BCUT2D eigenvalue weighted by Crippen LogP contribution is 2.28. The van der Waals surface area contributed by atoms with Gasteiger partial charge in [0, 0.05) is 26.2 Å². The van der Waals surface area contributed by atoms with Crippen molar-refractivity contribution in [3.63, 3.8) is 0 Å². The van der Waals surface area contributed by atoms with Crippen molar-refractivity contribution in [3.05, 3.63) is 59.7 Å². The van der Waals surface area contributed by atoms with Gasteiger partial charge in [-0.05, 0) is 67.9 Å². The van der Waals surface area contributed by atoms with Crippen molar-refractivity contribution >= 4 is 24.1 Å². The monoisotopic (exact) mass is 501 g/mol. The van der Waals surface area contributed by atoms with Crippen LogP contribution in [-0.4, -0.2) is 54.5 Å². The van der Waals surface area contributed by atoms with Gasteiger partial charge in [-0.1, -0.05) is 30.3 Å². The Morgan fingerprint density at radius 2 is 1.46 bits per heavy atom.